The molecule has 0 fully saturated rings. The summed E-state index contributed by atoms with van der Waals surface area (Å²) < 4.78 is 16.6. The highest BCUT2D eigenvalue weighted by Gasteiger charge is 2.26. The Morgan fingerprint density at radius 2 is 2.00 bits per heavy atom. The van der Waals surface area contributed by atoms with E-state index in [9.17, 15) is 4.79 Å². The Labute approximate surface area is 186 Å². The number of carbonyl (C=O) groups is 1. The van der Waals surface area contributed by atoms with E-state index in [0.717, 1.165) is 46.3 Å². The van der Waals surface area contributed by atoms with Crippen molar-refractivity contribution in [3.63, 3.8) is 0 Å². The van der Waals surface area contributed by atoms with Crippen LogP contribution in [0.15, 0.2) is 47.8 Å². The van der Waals surface area contributed by atoms with E-state index in [-0.39, 0.29) is 12.5 Å². The van der Waals surface area contributed by atoms with Gasteiger partial charge in [-0.05, 0) is 43.7 Å². The maximum atomic E-state index is 12.6. The van der Waals surface area contributed by atoms with Crippen LogP contribution in [0.1, 0.15) is 17.0 Å². The van der Waals surface area contributed by atoms with Crippen LogP contribution in [-0.2, 0) is 16.0 Å². The molecule has 1 amide bonds. The summed E-state index contributed by atoms with van der Waals surface area (Å²) >= 11 is 1.62. The molecule has 0 bridgehead atoms. The van der Waals surface area contributed by atoms with Crippen molar-refractivity contribution in [3.8, 4) is 22.8 Å². The number of nitrogens with zero attached hydrogens (tertiary/aromatic N) is 2. The number of amides is 1. The number of anilines is 1. The average molecular weight is 439 g/mol. The second-order valence-corrected chi connectivity index (χ2v) is 8.34. The van der Waals surface area contributed by atoms with Crippen LogP contribution in [0.2, 0.25) is 0 Å². The number of thiazole rings is 1. The molecular formula is C24H26N2O4S. The van der Waals surface area contributed by atoms with E-state index >= 15 is 0 Å². The topological polar surface area (TPSA) is 60.9 Å². The summed E-state index contributed by atoms with van der Waals surface area (Å²) in [6.45, 7) is 3.87. The normalized spacial score (nSPS) is 13.1. The monoisotopic (exact) mass is 438 g/mol. The zero-order valence-electron chi connectivity index (χ0n) is 17.8. The number of aromatic nitrogens is 1. The van der Waals surface area contributed by atoms with Crippen molar-refractivity contribution in [3.05, 3.63) is 58.4 Å². The highest BCUT2D eigenvalue weighted by Crippen LogP contribution is 2.36. The van der Waals surface area contributed by atoms with Gasteiger partial charge in [0.2, 0.25) is 0 Å². The van der Waals surface area contributed by atoms with Crippen molar-refractivity contribution < 1.29 is 19.0 Å². The SMILES string of the molecule is COCCc1nc(-c2ccc3c(c2)N(CCCOc2ccc(C)cc2)C(=O)CO3)cs1. The molecule has 0 atom stereocenters. The number of rotatable bonds is 9. The number of benzene rings is 2. The molecule has 0 N–H and O–H groups in total. The van der Waals surface area contributed by atoms with E-state index < -0.39 is 0 Å². The van der Waals surface area contributed by atoms with Gasteiger partial charge in [-0.1, -0.05) is 17.7 Å². The molecule has 0 saturated heterocycles. The number of ether oxygens (including phenoxy) is 3. The Morgan fingerprint density at radius 3 is 2.81 bits per heavy atom. The van der Waals surface area contributed by atoms with Crippen LogP contribution in [0.5, 0.6) is 11.5 Å². The lowest BCUT2D eigenvalue weighted by molar-refractivity contribution is -0.121. The molecule has 7 heteroatoms. The van der Waals surface area contributed by atoms with Gasteiger partial charge in [-0.15, -0.1) is 11.3 Å². The fourth-order valence-corrected chi connectivity index (χ4v) is 4.19. The summed E-state index contributed by atoms with van der Waals surface area (Å²) in [5.74, 6) is 1.52. The molecule has 0 saturated carbocycles. The molecule has 1 aromatic heterocycles. The minimum atomic E-state index is -0.0425. The highest BCUT2D eigenvalue weighted by atomic mass is 32.1. The standard InChI is InChI=1S/C24H26N2O4S/c1-17-4-7-19(8-5-17)29-12-3-11-26-21-14-18(6-9-22(21)30-15-24(26)27)20-16-31-23(25-20)10-13-28-2/h4-9,14,16H,3,10-13,15H2,1-2H3. The molecule has 1 aliphatic heterocycles. The van der Waals surface area contributed by atoms with Crippen LogP contribution in [0, 0.1) is 6.92 Å². The number of fused-ring (bicyclic) bond motifs is 1. The van der Waals surface area contributed by atoms with Crippen molar-refractivity contribution in [2.75, 3.05) is 38.4 Å². The van der Waals surface area contributed by atoms with E-state index in [4.69, 9.17) is 19.2 Å². The van der Waals surface area contributed by atoms with Gasteiger partial charge in [0.1, 0.15) is 11.5 Å². The number of carbonyl (C=O) groups excluding carboxylic acids is 1. The minimum absolute atomic E-state index is 0.0425. The third-order valence-corrected chi connectivity index (χ3v) is 5.99. The number of hydrogen-bond donors (Lipinski definition) is 0. The molecule has 0 spiro atoms. The minimum Gasteiger partial charge on any atom is -0.494 e. The molecule has 2 heterocycles. The van der Waals surface area contributed by atoms with Crippen molar-refractivity contribution in [1.29, 1.82) is 0 Å². The van der Waals surface area contributed by atoms with E-state index in [1.54, 1.807) is 23.3 Å². The first-order valence-corrected chi connectivity index (χ1v) is 11.2. The van der Waals surface area contributed by atoms with Crippen molar-refractivity contribution >= 4 is 22.9 Å². The Hall–Kier alpha value is -2.90. The summed E-state index contributed by atoms with van der Waals surface area (Å²) in [4.78, 5) is 19.1. The molecular weight excluding hydrogens is 412 g/mol. The molecule has 2 aromatic carbocycles. The quantitative estimate of drug-likeness (QED) is 0.460. The van der Waals surface area contributed by atoms with Crippen molar-refractivity contribution in [2.24, 2.45) is 0 Å². The Balaban J connectivity index is 1.43. The maximum Gasteiger partial charge on any atom is 0.265 e. The van der Waals surface area contributed by atoms with Gasteiger partial charge in [0, 0.05) is 31.0 Å². The fraction of sp³-hybridized carbons (Fsp3) is 0.333. The van der Waals surface area contributed by atoms with Gasteiger partial charge in [-0.3, -0.25) is 4.79 Å². The summed E-state index contributed by atoms with van der Waals surface area (Å²) in [6.07, 6.45) is 1.52. The van der Waals surface area contributed by atoms with Gasteiger partial charge < -0.3 is 19.1 Å². The van der Waals surface area contributed by atoms with E-state index in [0.29, 0.717) is 19.8 Å². The first-order valence-electron chi connectivity index (χ1n) is 10.3. The molecule has 1 aliphatic rings. The smallest absolute Gasteiger partial charge is 0.265 e. The summed E-state index contributed by atoms with van der Waals surface area (Å²) in [7, 11) is 1.69. The second-order valence-electron chi connectivity index (χ2n) is 7.40. The highest BCUT2D eigenvalue weighted by molar-refractivity contribution is 7.09. The molecule has 0 aliphatic carbocycles. The predicted molar refractivity (Wildman–Crippen MR) is 122 cm³/mol. The van der Waals surface area contributed by atoms with Gasteiger partial charge >= 0.3 is 0 Å². The number of hydrogen-bond acceptors (Lipinski definition) is 6. The van der Waals surface area contributed by atoms with Crippen LogP contribution in [0.25, 0.3) is 11.3 Å². The summed E-state index contributed by atoms with van der Waals surface area (Å²) in [5, 5.41) is 3.07. The van der Waals surface area contributed by atoms with Gasteiger partial charge in [0.25, 0.3) is 5.91 Å². The largest absolute Gasteiger partial charge is 0.494 e. The van der Waals surface area contributed by atoms with Crippen LogP contribution >= 0.6 is 11.3 Å². The average Bonchev–Trinajstić information content (AvgIpc) is 3.26. The Bertz CT molecular complexity index is 1030. The van der Waals surface area contributed by atoms with Crippen LogP contribution in [0.3, 0.4) is 0 Å². The molecule has 31 heavy (non-hydrogen) atoms. The lowest BCUT2D eigenvalue weighted by Crippen LogP contribution is -2.39. The predicted octanol–water partition coefficient (Wildman–Crippen LogP) is 4.50. The number of methoxy groups -OCH3 is 1. The van der Waals surface area contributed by atoms with Crippen molar-refractivity contribution in [2.45, 2.75) is 19.8 Å². The molecule has 4 rings (SSSR count). The first kappa shape index (κ1) is 21.3. The van der Waals surface area contributed by atoms with E-state index in [1.165, 1.54) is 5.56 Å². The maximum absolute atomic E-state index is 12.6. The molecule has 6 nitrogen and oxygen atoms in total. The second kappa shape index (κ2) is 9.94. The van der Waals surface area contributed by atoms with Crippen LogP contribution in [0.4, 0.5) is 5.69 Å². The lowest BCUT2D eigenvalue weighted by Gasteiger charge is -2.29. The van der Waals surface area contributed by atoms with Crippen molar-refractivity contribution in [1.82, 2.24) is 4.98 Å². The third kappa shape index (κ3) is 5.24. The fourth-order valence-electron chi connectivity index (χ4n) is 3.40. The molecule has 0 unspecified atom stereocenters. The molecule has 0 radical (unpaired) electrons. The summed E-state index contributed by atoms with van der Waals surface area (Å²) in [5.41, 5.74) is 3.86. The Morgan fingerprint density at radius 1 is 1.16 bits per heavy atom. The number of aryl methyl sites for hydroxylation is 1. The third-order valence-electron chi connectivity index (χ3n) is 5.09. The zero-order chi connectivity index (χ0) is 21.6. The van der Waals surface area contributed by atoms with E-state index in [1.807, 2.05) is 54.8 Å². The van der Waals surface area contributed by atoms with Crippen LogP contribution in [-0.4, -0.2) is 44.4 Å². The first-order chi connectivity index (χ1) is 15.1. The van der Waals surface area contributed by atoms with Crippen LogP contribution < -0.4 is 14.4 Å². The van der Waals surface area contributed by atoms with Gasteiger partial charge in [0.15, 0.2) is 6.61 Å². The summed E-state index contributed by atoms with van der Waals surface area (Å²) in [6, 6.07) is 13.9. The zero-order valence-corrected chi connectivity index (χ0v) is 18.6. The Kier molecular flexibility index (Phi) is 6.84. The molecule has 162 valence electrons. The van der Waals surface area contributed by atoms with Gasteiger partial charge in [-0.2, -0.15) is 0 Å². The lowest BCUT2D eigenvalue weighted by atomic mass is 10.1. The van der Waals surface area contributed by atoms with E-state index in [2.05, 4.69) is 0 Å². The molecule has 3 aromatic rings. The van der Waals surface area contributed by atoms with Gasteiger partial charge in [0.05, 0.1) is 29.6 Å². The van der Waals surface area contributed by atoms with Gasteiger partial charge in [-0.25, -0.2) is 4.98 Å².